The van der Waals surface area contributed by atoms with Crippen LogP contribution in [0.3, 0.4) is 0 Å². The number of piperazine rings is 2. The van der Waals surface area contributed by atoms with Crippen molar-refractivity contribution in [2.24, 2.45) is 5.92 Å². The highest BCUT2D eigenvalue weighted by Gasteiger charge is 2.23. The van der Waals surface area contributed by atoms with Crippen LogP contribution in [-0.4, -0.2) is 129 Å². The molecule has 1 unspecified atom stereocenters. The van der Waals surface area contributed by atoms with Crippen LogP contribution in [0.25, 0.3) is 42.0 Å². The topological polar surface area (TPSA) is 139 Å². The first-order valence-electron chi connectivity index (χ1n) is 26.5. The van der Waals surface area contributed by atoms with E-state index in [1.165, 1.54) is 31.5 Å². The maximum Gasteiger partial charge on any atom is 0.315 e. The highest BCUT2D eigenvalue weighted by atomic mass is 32.1. The van der Waals surface area contributed by atoms with Gasteiger partial charge in [-0.25, -0.2) is 9.97 Å². The Hall–Kier alpha value is -6.72. The Balaban J connectivity index is 0.642. The van der Waals surface area contributed by atoms with E-state index in [0.29, 0.717) is 49.8 Å². The van der Waals surface area contributed by atoms with E-state index in [1.54, 1.807) is 34.8 Å². The van der Waals surface area contributed by atoms with Crippen LogP contribution in [0, 0.1) is 5.92 Å². The number of hydrogen-bond acceptors (Lipinski definition) is 15. The summed E-state index contributed by atoms with van der Waals surface area (Å²) >= 11 is 3.60. The number of unbranched alkanes of at least 4 members (excludes halogenated alkanes) is 3. The summed E-state index contributed by atoms with van der Waals surface area (Å²) in [6.07, 6.45) is 5.34. The lowest BCUT2D eigenvalue weighted by molar-refractivity contribution is -0.156. The molecular formula is C59H66N6O8S2. The van der Waals surface area contributed by atoms with Crippen molar-refractivity contribution in [3.63, 3.8) is 0 Å². The third kappa shape index (κ3) is 14.0. The molecule has 2 fully saturated rings. The summed E-state index contributed by atoms with van der Waals surface area (Å²) in [5.41, 5.74) is 4.12. The predicted molar refractivity (Wildman–Crippen MR) is 301 cm³/mol. The quantitative estimate of drug-likeness (QED) is 0.0313. The van der Waals surface area contributed by atoms with Gasteiger partial charge in [0.25, 0.3) is 0 Å². The molecule has 0 aliphatic carbocycles. The van der Waals surface area contributed by atoms with Crippen molar-refractivity contribution in [2.45, 2.75) is 51.4 Å². The van der Waals surface area contributed by atoms with Crippen LogP contribution >= 0.6 is 22.7 Å². The number of nitrogens with zero attached hydrogens (tertiary/aromatic N) is 6. The lowest BCUT2D eigenvalue weighted by Gasteiger charge is -2.36. The van der Waals surface area contributed by atoms with Crippen molar-refractivity contribution in [1.29, 1.82) is 0 Å². The summed E-state index contributed by atoms with van der Waals surface area (Å²) in [5.74, 6) is 0.0867. The van der Waals surface area contributed by atoms with E-state index in [0.717, 1.165) is 119 Å². The number of anilines is 2. The third-order valence-corrected chi connectivity index (χ3v) is 16.1. The molecule has 1 atom stereocenters. The van der Waals surface area contributed by atoms with Gasteiger partial charge in [0, 0.05) is 125 Å². The average molecular weight is 1050 g/mol. The number of pyridine rings is 2. The van der Waals surface area contributed by atoms with Crippen LogP contribution in [0.2, 0.25) is 0 Å². The number of carboxylic acids is 1. The number of hydrogen-bond donors (Lipinski definition) is 1. The van der Waals surface area contributed by atoms with Crippen LogP contribution in [0.1, 0.15) is 51.4 Å². The molecule has 0 radical (unpaired) electrons. The molecule has 2 saturated heterocycles. The number of aliphatic carboxylic acids is 1. The van der Waals surface area contributed by atoms with Gasteiger partial charge >= 0.3 is 11.9 Å². The Morgan fingerprint density at radius 3 is 1.61 bits per heavy atom. The Morgan fingerprint density at radius 2 is 1.08 bits per heavy atom. The normalized spacial score (nSPS) is 14.9. The molecule has 392 valence electrons. The number of aromatic nitrogens is 2. The van der Waals surface area contributed by atoms with E-state index in [-0.39, 0.29) is 19.8 Å². The van der Waals surface area contributed by atoms with Crippen molar-refractivity contribution in [1.82, 2.24) is 19.8 Å². The zero-order valence-corrected chi connectivity index (χ0v) is 44.1. The van der Waals surface area contributed by atoms with E-state index >= 15 is 0 Å². The summed E-state index contributed by atoms with van der Waals surface area (Å²) in [6.45, 7) is 11.4. The van der Waals surface area contributed by atoms with Gasteiger partial charge in [-0.3, -0.25) is 19.4 Å². The second-order valence-electron chi connectivity index (χ2n) is 19.4. The molecule has 0 spiro atoms. The molecule has 1 N–H and O–H groups in total. The van der Waals surface area contributed by atoms with Gasteiger partial charge in [-0.1, -0.05) is 18.6 Å². The van der Waals surface area contributed by atoms with Crippen molar-refractivity contribution < 1.29 is 38.4 Å². The maximum atomic E-state index is 13.5. The minimum Gasteiger partial charge on any atom is -0.494 e. The first-order valence-corrected chi connectivity index (χ1v) is 28.2. The fourth-order valence-corrected chi connectivity index (χ4v) is 11.7. The highest BCUT2D eigenvalue weighted by molar-refractivity contribution is 7.17. The van der Waals surface area contributed by atoms with Crippen molar-refractivity contribution in [3.8, 4) is 23.3 Å². The Morgan fingerprint density at radius 1 is 0.560 bits per heavy atom. The SMILES string of the molecule is O=C(O)CCCCC(COc1ccc2ccc(OCCCCN3CCN(c4cccc5sccc45)CC3)cc2n1)C(=O)OCOc1ccc2ccc(OCCCCN3CCN(c4cccc5sccc45)CC3)cc2n1. The smallest absolute Gasteiger partial charge is 0.315 e. The molecule has 16 heteroatoms. The molecule has 14 nitrogen and oxygen atoms in total. The number of carbonyl (C=O) groups is 2. The molecule has 10 rings (SSSR count). The number of thiophene rings is 2. The lowest BCUT2D eigenvalue weighted by Crippen LogP contribution is -2.46. The maximum absolute atomic E-state index is 13.5. The molecule has 8 aromatic rings. The molecule has 4 aromatic heterocycles. The van der Waals surface area contributed by atoms with Gasteiger partial charge in [0.2, 0.25) is 18.6 Å². The summed E-state index contributed by atoms with van der Waals surface area (Å²) in [6, 6.07) is 36.7. The molecule has 0 amide bonds. The fraction of sp³-hybridized carbons (Fsp3) is 0.390. The number of benzene rings is 4. The van der Waals surface area contributed by atoms with Gasteiger partial charge in [-0.05, 0) is 135 Å². The van der Waals surface area contributed by atoms with Crippen LogP contribution < -0.4 is 28.7 Å². The molecule has 4 aromatic carbocycles. The zero-order valence-electron chi connectivity index (χ0n) is 42.5. The Labute approximate surface area is 446 Å². The fourth-order valence-electron chi connectivity index (χ4n) is 10.1. The number of fused-ring (bicyclic) bond motifs is 4. The first kappa shape index (κ1) is 51.8. The molecule has 75 heavy (non-hydrogen) atoms. The third-order valence-electron chi connectivity index (χ3n) is 14.3. The number of esters is 1. The second kappa shape index (κ2) is 25.7. The van der Waals surface area contributed by atoms with Gasteiger partial charge in [-0.2, -0.15) is 0 Å². The first-order chi connectivity index (χ1) is 36.9. The monoisotopic (exact) mass is 1050 g/mol. The Bertz CT molecular complexity index is 3150. The molecule has 2 aliphatic rings. The summed E-state index contributed by atoms with van der Waals surface area (Å²) in [5, 5.41) is 18.1. The molecule has 0 bridgehead atoms. The second-order valence-corrected chi connectivity index (χ2v) is 21.3. The standard InChI is InChI=1S/C59H66N6O8S2/c66-58(67)14-2-1-9-45(41-71-56-21-17-43-15-19-46(39-50(43)60-56)69-35-5-3-25-62-27-31-64(32-28-62)52-10-7-12-54-48(52)23-37-74-54)59(68)73-42-72-57-22-18-44-16-20-47(40-51(44)61-57)70-36-6-4-26-63-29-33-65(34-30-63)53-11-8-13-55-49(53)24-38-75-55/h7-8,10-13,15-24,37-40,45H,1-6,9,14,25-36,41-42H2,(H,66,67). The van der Waals surface area contributed by atoms with Crippen molar-refractivity contribution in [2.75, 3.05) is 102 Å². The minimum atomic E-state index is -0.878. The minimum absolute atomic E-state index is 0.00203. The largest absolute Gasteiger partial charge is 0.494 e. The average Bonchev–Trinajstić information content (AvgIpc) is 4.14. The van der Waals surface area contributed by atoms with Crippen LogP contribution in [0.15, 0.2) is 120 Å². The number of carbonyl (C=O) groups excluding carboxylic acids is 1. The van der Waals surface area contributed by atoms with Gasteiger partial charge in [-0.15, -0.1) is 22.7 Å². The van der Waals surface area contributed by atoms with Crippen LogP contribution in [0.5, 0.6) is 23.3 Å². The molecule has 0 saturated carbocycles. The number of carboxylic acid groups (broad SMARTS) is 1. The van der Waals surface area contributed by atoms with E-state index in [4.69, 9.17) is 28.7 Å². The predicted octanol–water partition coefficient (Wildman–Crippen LogP) is 11.4. The number of rotatable bonds is 26. The van der Waals surface area contributed by atoms with Crippen molar-refractivity contribution in [3.05, 3.63) is 120 Å². The van der Waals surface area contributed by atoms with Crippen LogP contribution in [0.4, 0.5) is 11.4 Å². The highest BCUT2D eigenvalue weighted by Crippen LogP contribution is 2.33. The molecule has 2 aliphatic heterocycles. The summed E-state index contributed by atoms with van der Waals surface area (Å²) in [4.78, 5) is 44.2. The lowest BCUT2D eigenvalue weighted by atomic mass is 10.0. The number of ether oxygens (including phenoxy) is 5. The van der Waals surface area contributed by atoms with Gasteiger partial charge in [0.1, 0.15) is 18.1 Å². The van der Waals surface area contributed by atoms with Gasteiger partial charge in [0.05, 0.1) is 30.2 Å². The van der Waals surface area contributed by atoms with E-state index in [1.807, 2.05) is 48.5 Å². The van der Waals surface area contributed by atoms with Crippen molar-refractivity contribution >= 4 is 88.0 Å². The molecular weight excluding hydrogens is 985 g/mol. The molecule has 6 heterocycles. The van der Waals surface area contributed by atoms with Crippen LogP contribution in [-0.2, 0) is 14.3 Å². The van der Waals surface area contributed by atoms with E-state index < -0.39 is 17.9 Å². The van der Waals surface area contributed by atoms with Gasteiger partial charge < -0.3 is 38.6 Å². The summed E-state index contributed by atoms with van der Waals surface area (Å²) in [7, 11) is 0. The van der Waals surface area contributed by atoms with Gasteiger partial charge in [0.15, 0.2) is 0 Å². The van der Waals surface area contributed by atoms with E-state index in [9.17, 15) is 14.7 Å². The zero-order chi connectivity index (χ0) is 51.2. The Kier molecular flexibility index (Phi) is 17.7. The summed E-state index contributed by atoms with van der Waals surface area (Å²) < 4.78 is 32.5. The van der Waals surface area contributed by atoms with E-state index in [2.05, 4.69) is 83.9 Å².